The SMILES string of the molecule is [Li][C]1=C(CC)CC=C1. The van der Waals surface area contributed by atoms with Crippen LogP contribution in [0.3, 0.4) is 0 Å². The van der Waals surface area contributed by atoms with E-state index in [1.54, 1.807) is 5.57 Å². The molecule has 0 heterocycles. The van der Waals surface area contributed by atoms with Crippen molar-refractivity contribution in [2.75, 3.05) is 0 Å². The molecule has 0 saturated carbocycles. The minimum absolute atomic E-state index is 1.20. The Morgan fingerprint density at radius 3 is 2.75 bits per heavy atom. The van der Waals surface area contributed by atoms with Gasteiger partial charge in [-0.3, -0.25) is 0 Å². The topological polar surface area (TPSA) is 0 Å². The van der Waals surface area contributed by atoms with Crippen LogP contribution in [-0.2, 0) is 0 Å². The molecular formula is C7H9Li. The van der Waals surface area contributed by atoms with E-state index in [9.17, 15) is 0 Å². The van der Waals surface area contributed by atoms with Crippen molar-refractivity contribution in [3.8, 4) is 0 Å². The summed E-state index contributed by atoms with van der Waals surface area (Å²) >= 11 is 2.18. The van der Waals surface area contributed by atoms with E-state index in [2.05, 4.69) is 36.8 Å². The number of hydrogen-bond acceptors (Lipinski definition) is 0. The van der Waals surface area contributed by atoms with Crippen LogP contribution >= 0.6 is 0 Å². The Morgan fingerprint density at radius 1 is 1.75 bits per heavy atom. The van der Waals surface area contributed by atoms with Crippen molar-refractivity contribution in [1.29, 1.82) is 0 Å². The Bertz CT molecular complexity index is 142. The van der Waals surface area contributed by atoms with E-state index in [-0.39, 0.29) is 0 Å². The third-order valence-electron chi connectivity index (χ3n) is 1.72. The number of hydrogen-bond donors (Lipinski definition) is 0. The summed E-state index contributed by atoms with van der Waals surface area (Å²) in [5.41, 5.74) is 1.60. The molecule has 0 saturated heterocycles. The third-order valence-corrected chi connectivity index (χ3v) is 1.72. The second-order valence-electron chi connectivity index (χ2n) is 2.25. The quantitative estimate of drug-likeness (QED) is 0.440. The van der Waals surface area contributed by atoms with Crippen LogP contribution in [-0.4, -0.2) is 17.7 Å². The average molecular weight is 100 g/mol. The fourth-order valence-corrected chi connectivity index (χ4v) is 1.08. The van der Waals surface area contributed by atoms with Crippen molar-refractivity contribution in [2.45, 2.75) is 19.8 Å². The summed E-state index contributed by atoms with van der Waals surface area (Å²) in [7, 11) is 0. The molecule has 0 amide bonds. The second kappa shape index (κ2) is 2.57. The molecule has 0 radical (unpaired) electrons. The summed E-state index contributed by atoms with van der Waals surface area (Å²) in [6.07, 6.45) is 6.86. The Kier molecular flexibility index (Phi) is 2.00. The van der Waals surface area contributed by atoms with E-state index >= 15 is 0 Å². The Balaban J connectivity index is 2.68. The predicted octanol–water partition coefficient (Wildman–Crippen LogP) is 1.78. The zero-order chi connectivity index (χ0) is 5.98. The summed E-state index contributed by atoms with van der Waals surface area (Å²) in [5.74, 6) is 0. The Labute approximate surface area is 59.9 Å². The van der Waals surface area contributed by atoms with Gasteiger partial charge in [0.25, 0.3) is 0 Å². The van der Waals surface area contributed by atoms with Crippen LogP contribution in [0.5, 0.6) is 0 Å². The number of rotatable bonds is 1. The monoisotopic (exact) mass is 100 g/mol. The molecule has 0 atom stereocenters. The van der Waals surface area contributed by atoms with Crippen molar-refractivity contribution >= 4 is 17.7 Å². The molecule has 0 fully saturated rings. The van der Waals surface area contributed by atoms with Crippen molar-refractivity contribution in [1.82, 2.24) is 0 Å². The van der Waals surface area contributed by atoms with Gasteiger partial charge in [-0.2, -0.15) is 0 Å². The van der Waals surface area contributed by atoms with Crippen LogP contribution in [0, 0.1) is 0 Å². The Morgan fingerprint density at radius 2 is 2.50 bits per heavy atom. The molecule has 0 spiro atoms. The summed E-state index contributed by atoms with van der Waals surface area (Å²) < 4.78 is 1.48. The molecule has 1 rings (SSSR count). The molecule has 0 nitrogen and oxygen atoms in total. The van der Waals surface area contributed by atoms with E-state index in [4.69, 9.17) is 0 Å². The van der Waals surface area contributed by atoms with Crippen molar-refractivity contribution in [3.05, 3.63) is 22.0 Å². The zero-order valence-corrected chi connectivity index (χ0v) is 5.57. The van der Waals surface area contributed by atoms with E-state index in [0.717, 1.165) is 0 Å². The van der Waals surface area contributed by atoms with E-state index < -0.39 is 0 Å². The van der Waals surface area contributed by atoms with Gasteiger partial charge in [-0.1, -0.05) is 0 Å². The third kappa shape index (κ3) is 1.07. The van der Waals surface area contributed by atoms with Crippen molar-refractivity contribution < 1.29 is 0 Å². The Hall–Kier alpha value is 0.0774. The maximum absolute atomic E-state index is 2.23. The van der Waals surface area contributed by atoms with Gasteiger partial charge >= 0.3 is 59.5 Å². The first kappa shape index (κ1) is 6.20. The molecule has 0 aromatic rings. The average Bonchev–Trinajstić information content (AvgIpc) is 2.14. The van der Waals surface area contributed by atoms with Crippen LogP contribution in [0.15, 0.2) is 22.0 Å². The van der Waals surface area contributed by atoms with Gasteiger partial charge in [0.05, 0.1) is 0 Å². The standard InChI is InChI=1S/C7H9.Li/c1-2-7-5-3-4-6-7;/h3-4H,2,5H2,1H3;. The van der Waals surface area contributed by atoms with Crippen LogP contribution in [0.4, 0.5) is 0 Å². The second-order valence-corrected chi connectivity index (χ2v) is 2.25. The van der Waals surface area contributed by atoms with Gasteiger partial charge < -0.3 is 0 Å². The van der Waals surface area contributed by atoms with Crippen molar-refractivity contribution in [3.63, 3.8) is 0 Å². The number of allylic oxidation sites excluding steroid dienone is 4. The first-order valence-electron chi connectivity index (χ1n) is 3.19. The van der Waals surface area contributed by atoms with Crippen LogP contribution in [0.25, 0.3) is 0 Å². The molecule has 0 bridgehead atoms. The minimum atomic E-state index is 1.20. The van der Waals surface area contributed by atoms with Gasteiger partial charge in [-0.05, 0) is 0 Å². The summed E-state index contributed by atoms with van der Waals surface area (Å²) in [4.78, 5) is 0. The van der Waals surface area contributed by atoms with Gasteiger partial charge in [0.2, 0.25) is 0 Å². The van der Waals surface area contributed by atoms with Crippen LogP contribution < -0.4 is 0 Å². The van der Waals surface area contributed by atoms with Crippen LogP contribution in [0.2, 0.25) is 0 Å². The van der Waals surface area contributed by atoms with E-state index in [0.29, 0.717) is 0 Å². The first-order chi connectivity index (χ1) is 3.84. The normalized spacial score (nSPS) is 18.4. The molecule has 0 aliphatic heterocycles. The molecule has 1 heteroatoms. The summed E-state index contributed by atoms with van der Waals surface area (Å²) in [6, 6.07) is 0. The van der Waals surface area contributed by atoms with Gasteiger partial charge in [0, 0.05) is 0 Å². The van der Waals surface area contributed by atoms with E-state index in [1.807, 2.05) is 0 Å². The zero-order valence-electron chi connectivity index (χ0n) is 5.57. The van der Waals surface area contributed by atoms with E-state index in [1.165, 1.54) is 17.1 Å². The predicted molar refractivity (Wildman–Crippen MR) is 36.8 cm³/mol. The fraction of sp³-hybridized carbons (Fsp3) is 0.429. The maximum atomic E-state index is 2.23. The molecule has 0 unspecified atom stereocenters. The molecular weight excluding hydrogens is 91.0 g/mol. The molecule has 8 heavy (non-hydrogen) atoms. The summed E-state index contributed by atoms with van der Waals surface area (Å²) in [5, 5.41) is 0. The van der Waals surface area contributed by atoms with Gasteiger partial charge in [0.15, 0.2) is 0 Å². The first-order valence-corrected chi connectivity index (χ1v) is 3.19. The van der Waals surface area contributed by atoms with Gasteiger partial charge in [0.1, 0.15) is 0 Å². The van der Waals surface area contributed by atoms with Gasteiger partial charge in [-0.15, -0.1) is 0 Å². The molecule has 1 aliphatic rings. The molecule has 0 N–H and O–H groups in total. The molecule has 0 aromatic carbocycles. The summed E-state index contributed by atoms with van der Waals surface area (Å²) in [6.45, 7) is 2.21. The molecule has 38 valence electrons. The van der Waals surface area contributed by atoms with Crippen molar-refractivity contribution in [2.24, 2.45) is 0 Å². The van der Waals surface area contributed by atoms with Crippen LogP contribution in [0.1, 0.15) is 19.8 Å². The molecule has 0 aromatic heterocycles. The fourth-order valence-electron chi connectivity index (χ4n) is 1.08. The van der Waals surface area contributed by atoms with Gasteiger partial charge in [-0.25, -0.2) is 0 Å². The molecule has 1 aliphatic carbocycles.